The minimum Gasteiger partial charge on any atom is -0.360 e. The number of nitrogens with one attached hydrogen (secondary N) is 1. The van der Waals surface area contributed by atoms with Crippen LogP contribution in [-0.4, -0.2) is 21.3 Å². The zero-order chi connectivity index (χ0) is 11.4. The fraction of sp³-hybridized carbons (Fsp3) is 0.818. The SMILES string of the molecule is CCc1nsc(NCC2CCCCC2Cl)n1. The Hall–Kier alpha value is -0.350. The van der Waals surface area contributed by atoms with E-state index in [0.29, 0.717) is 11.3 Å². The van der Waals surface area contributed by atoms with E-state index < -0.39 is 0 Å². The summed E-state index contributed by atoms with van der Waals surface area (Å²) in [6.07, 6.45) is 5.89. The van der Waals surface area contributed by atoms with Crippen molar-refractivity contribution in [2.45, 2.75) is 44.4 Å². The number of anilines is 1. The van der Waals surface area contributed by atoms with Gasteiger partial charge in [-0.05, 0) is 18.8 Å². The normalized spacial score (nSPS) is 25.6. The molecule has 2 atom stereocenters. The molecule has 0 bridgehead atoms. The van der Waals surface area contributed by atoms with Crippen molar-refractivity contribution in [2.75, 3.05) is 11.9 Å². The monoisotopic (exact) mass is 259 g/mol. The van der Waals surface area contributed by atoms with Crippen molar-refractivity contribution in [3.63, 3.8) is 0 Å². The topological polar surface area (TPSA) is 37.8 Å². The molecule has 1 aliphatic rings. The summed E-state index contributed by atoms with van der Waals surface area (Å²) in [5.74, 6) is 1.52. The molecule has 3 nitrogen and oxygen atoms in total. The third kappa shape index (κ3) is 3.08. The zero-order valence-electron chi connectivity index (χ0n) is 9.58. The summed E-state index contributed by atoms with van der Waals surface area (Å²) in [6, 6.07) is 0. The highest BCUT2D eigenvalue weighted by Crippen LogP contribution is 2.28. The Labute approximate surface area is 106 Å². The minimum absolute atomic E-state index is 0.333. The molecule has 1 heterocycles. The van der Waals surface area contributed by atoms with E-state index in [-0.39, 0.29) is 0 Å². The predicted octanol–water partition coefficient (Wildman–Crippen LogP) is 3.31. The molecule has 5 heteroatoms. The number of hydrogen-bond donors (Lipinski definition) is 1. The smallest absolute Gasteiger partial charge is 0.202 e. The Bertz CT molecular complexity index is 329. The van der Waals surface area contributed by atoms with Crippen molar-refractivity contribution in [3.8, 4) is 0 Å². The quantitative estimate of drug-likeness (QED) is 0.843. The average molecular weight is 260 g/mol. The minimum atomic E-state index is 0.333. The van der Waals surface area contributed by atoms with Crippen molar-refractivity contribution >= 4 is 28.3 Å². The van der Waals surface area contributed by atoms with Gasteiger partial charge in [0.2, 0.25) is 5.13 Å². The Balaban J connectivity index is 1.81. The lowest BCUT2D eigenvalue weighted by Gasteiger charge is -2.26. The van der Waals surface area contributed by atoms with E-state index in [2.05, 4.69) is 21.6 Å². The summed E-state index contributed by atoms with van der Waals surface area (Å²) >= 11 is 7.76. The Kier molecular flexibility index (Phi) is 4.41. The molecular formula is C11H18ClN3S. The van der Waals surface area contributed by atoms with E-state index in [1.165, 1.54) is 30.8 Å². The summed E-state index contributed by atoms with van der Waals surface area (Å²) in [5, 5.41) is 4.63. The molecule has 1 saturated carbocycles. The van der Waals surface area contributed by atoms with Crippen LogP contribution in [0.15, 0.2) is 0 Å². The van der Waals surface area contributed by atoms with Crippen molar-refractivity contribution < 1.29 is 0 Å². The number of aryl methyl sites for hydroxylation is 1. The van der Waals surface area contributed by atoms with E-state index in [4.69, 9.17) is 11.6 Å². The first-order valence-electron chi connectivity index (χ1n) is 6.00. The number of halogens is 1. The van der Waals surface area contributed by atoms with Gasteiger partial charge in [0.15, 0.2) is 0 Å². The van der Waals surface area contributed by atoms with Gasteiger partial charge in [0.05, 0.1) is 0 Å². The van der Waals surface area contributed by atoms with Crippen molar-refractivity contribution in [1.29, 1.82) is 0 Å². The third-order valence-electron chi connectivity index (χ3n) is 3.12. The molecule has 2 unspecified atom stereocenters. The summed E-state index contributed by atoms with van der Waals surface area (Å²) in [7, 11) is 0. The maximum absolute atomic E-state index is 6.31. The molecule has 1 aliphatic carbocycles. The van der Waals surface area contributed by atoms with E-state index in [1.54, 1.807) is 0 Å². The van der Waals surface area contributed by atoms with Gasteiger partial charge in [0, 0.05) is 29.9 Å². The van der Waals surface area contributed by atoms with Crippen molar-refractivity contribution in [1.82, 2.24) is 9.36 Å². The first-order chi connectivity index (χ1) is 7.79. The van der Waals surface area contributed by atoms with Crippen LogP contribution in [0.1, 0.15) is 38.4 Å². The van der Waals surface area contributed by atoms with Crippen LogP contribution in [0.2, 0.25) is 0 Å². The van der Waals surface area contributed by atoms with Crippen LogP contribution in [0.5, 0.6) is 0 Å². The number of rotatable bonds is 4. The number of aromatic nitrogens is 2. The van der Waals surface area contributed by atoms with Gasteiger partial charge < -0.3 is 5.32 Å². The number of nitrogens with zero attached hydrogens (tertiary/aromatic N) is 2. The molecule has 0 saturated heterocycles. The van der Waals surface area contributed by atoms with Crippen LogP contribution < -0.4 is 5.32 Å². The van der Waals surface area contributed by atoms with Gasteiger partial charge in [-0.2, -0.15) is 4.37 Å². The largest absolute Gasteiger partial charge is 0.360 e. The maximum Gasteiger partial charge on any atom is 0.202 e. The lowest BCUT2D eigenvalue weighted by atomic mass is 9.89. The molecule has 0 radical (unpaired) electrons. The first-order valence-corrected chi connectivity index (χ1v) is 7.21. The molecule has 1 aromatic rings. The van der Waals surface area contributed by atoms with Crippen LogP contribution >= 0.6 is 23.1 Å². The molecule has 1 aromatic heterocycles. The van der Waals surface area contributed by atoms with Crippen LogP contribution in [0.3, 0.4) is 0 Å². The van der Waals surface area contributed by atoms with E-state index in [9.17, 15) is 0 Å². The highest BCUT2D eigenvalue weighted by atomic mass is 35.5. The second kappa shape index (κ2) is 5.82. The number of alkyl halides is 1. The van der Waals surface area contributed by atoms with Crippen LogP contribution in [-0.2, 0) is 6.42 Å². The Morgan fingerprint density at radius 1 is 1.44 bits per heavy atom. The van der Waals surface area contributed by atoms with Crippen LogP contribution in [0.25, 0.3) is 0 Å². The fourth-order valence-corrected chi connectivity index (χ4v) is 3.11. The molecule has 0 aromatic carbocycles. The van der Waals surface area contributed by atoms with E-state index in [1.807, 2.05) is 0 Å². The molecule has 16 heavy (non-hydrogen) atoms. The van der Waals surface area contributed by atoms with Crippen molar-refractivity contribution in [2.24, 2.45) is 5.92 Å². The molecular weight excluding hydrogens is 242 g/mol. The summed E-state index contributed by atoms with van der Waals surface area (Å²) < 4.78 is 4.25. The average Bonchev–Trinajstić information content (AvgIpc) is 2.76. The molecule has 90 valence electrons. The molecule has 1 N–H and O–H groups in total. The molecule has 1 fully saturated rings. The molecule has 0 amide bonds. The molecule has 0 aliphatic heterocycles. The lowest BCUT2D eigenvalue weighted by Crippen LogP contribution is -2.26. The Morgan fingerprint density at radius 2 is 2.25 bits per heavy atom. The highest BCUT2D eigenvalue weighted by molar-refractivity contribution is 7.09. The van der Waals surface area contributed by atoms with E-state index in [0.717, 1.165) is 30.3 Å². The van der Waals surface area contributed by atoms with Gasteiger partial charge >= 0.3 is 0 Å². The van der Waals surface area contributed by atoms with Gasteiger partial charge in [0.25, 0.3) is 0 Å². The van der Waals surface area contributed by atoms with Crippen LogP contribution in [0.4, 0.5) is 5.13 Å². The molecule has 2 rings (SSSR count). The van der Waals surface area contributed by atoms with Crippen molar-refractivity contribution in [3.05, 3.63) is 5.82 Å². The fourth-order valence-electron chi connectivity index (χ4n) is 2.08. The standard InChI is InChI=1S/C11H18ClN3S/c1-2-10-14-11(16-15-10)13-7-8-5-3-4-6-9(8)12/h8-9H,2-7H2,1H3,(H,13,14,15). The second-order valence-electron chi connectivity index (χ2n) is 4.31. The van der Waals surface area contributed by atoms with E-state index >= 15 is 0 Å². The van der Waals surface area contributed by atoms with Crippen LogP contribution in [0, 0.1) is 5.92 Å². The summed E-state index contributed by atoms with van der Waals surface area (Å²) in [6.45, 7) is 3.01. The predicted molar refractivity (Wildman–Crippen MR) is 69.4 cm³/mol. The summed E-state index contributed by atoms with van der Waals surface area (Å²) in [4.78, 5) is 4.39. The van der Waals surface area contributed by atoms with Gasteiger partial charge in [-0.25, -0.2) is 4.98 Å². The third-order valence-corrected chi connectivity index (χ3v) is 4.40. The lowest BCUT2D eigenvalue weighted by molar-refractivity contribution is 0.380. The van der Waals surface area contributed by atoms with Gasteiger partial charge in [-0.15, -0.1) is 11.6 Å². The maximum atomic E-state index is 6.31. The number of hydrogen-bond acceptors (Lipinski definition) is 4. The zero-order valence-corrected chi connectivity index (χ0v) is 11.2. The highest BCUT2D eigenvalue weighted by Gasteiger charge is 2.22. The molecule has 0 spiro atoms. The van der Waals surface area contributed by atoms with Gasteiger partial charge in [0.1, 0.15) is 5.82 Å². The van der Waals surface area contributed by atoms with Gasteiger partial charge in [-0.3, -0.25) is 0 Å². The first kappa shape index (κ1) is 12.1. The summed E-state index contributed by atoms with van der Waals surface area (Å²) in [5.41, 5.74) is 0. The Morgan fingerprint density at radius 3 is 2.94 bits per heavy atom. The van der Waals surface area contributed by atoms with Gasteiger partial charge in [-0.1, -0.05) is 19.8 Å². The second-order valence-corrected chi connectivity index (χ2v) is 5.62.